The summed E-state index contributed by atoms with van der Waals surface area (Å²) in [6, 6.07) is 11.6. The molecule has 0 saturated carbocycles. The zero-order valence-electron chi connectivity index (χ0n) is 12.8. The van der Waals surface area contributed by atoms with E-state index in [1.165, 1.54) is 7.11 Å². The molecule has 0 spiro atoms. The number of carbonyl (C=O) groups excluding carboxylic acids is 2. The maximum Gasteiger partial charge on any atom is 0.310 e. The number of benzene rings is 2. The number of hydrogen-bond donors (Lipinski definition) is 1. The molecule has 24 heavy (non-hydrogen) atoms. The van der Waals surface area contributed by atoms with Gasteiger partial charge in [0, 0.05) is 21.3 Å². The standard InChI is InChI=1S/C17H15Cl2NO4/c1-23-15-6-5-13(19)7-11(15)8-17(22)24-10-16(21)20-14-4-2-3-12(18)9-14/h2-7,9H,8,10H2,1H3,(H,20,21). The number of methoxy groups -OCH3 is 1. The Balaban J connectivity index is 1.87. The highest BCUT2D eigenvalue weighted by Crippen LogP contribution is 2.23. The molecule has 0 aliphatic rings. The van der Waals surface area contributed by atoms with Crippen LogP contribution in [0.25, 0.3) is 0 Å². The number of ether oxygens (including phenoxy) is 2. The first-order chi connectivity index (χ1) is 11.5. The van der Waals surface area contributed by atoms with Crippen LogP contribution in [0.5, 0.6) is 5.75 Å². The predicted molar refractivity (Wildman–Crippen MR) is 92.7 cm³/mol. The molecule has 1 N–H and O–H groups in total. The Morgan fingerprint density at radius 3 is 2.54 bits per heavy atom. The summed E-state index contributed by atoms with van der Waals surface area (Å²) in [5.74, 6) is -0.486. The van der Waals surface area contributed by atoms with Gasteiger partial charge < -0.3 is 14.8 Å². The highest BCUT2D eigenvalue weighted by Gasteiger charge is 2.12. The minimum atomic E-state index is -0.559. The second-order valence-electron chi connectivity index (χ2n) is 4.85. The van der Waals surface area contributed by atoms with Crippen LogP contribution in [0.15, 0.2) is 42.5 Å². The lowest BCUT2D eigenvalue weighted by Gasteiger charge is -2.09. The van der Waals surface area contributed by atoms with Crippen LogP contribution < -0.4 is 10.1 Å². The smallest absolute Gasteiger partial charge is 0.310 e. The second kappa shape index (κ2) is 8.57. The van der Waals surface area contributed by atoms with Crippen molar-refractivity contribution < 1.29 is 19.1 Å². The molecule has 2 aromatic carbocycles. The van der Waals surface area contributed by atoms with Gasteiger partial charge in [0.25, 0.3) is 5.91 Å². The van der Waals surface area contributed by atoms with E-state index < -0.39 is 18.5 Å². The molecule has 0 atom stereocenters. The summed E-state index contributed by atoms with van der Waals surface area (Å²) in [4.78, 5) is 23.7. The number of nitrogens with one attached hydrogen (secondary N) is 1. The van der Waals surface area contributed by atoms with Crippen molar-refractivity contribution in [3.63, 3.8) is 0 Å². The fourth-order valence-electron chi connectivity index (χ4n) is 2.00. The third-order valence-electron chi connectivity index (χ3n) is 3.05. The minimum Gasteiger partial charge on any atom is -0.496 e. The van der Waals surface area contributed by atoms with E-state index in [4.69, 9.17) is 32.7 Å². The number of anilines is 1. The van der Waals surface area contributed by atoms with Crippen molar-refractivity contribution in [3.05, 3.63) is 58.1 Å². The number of hydrogen-bond acceptors (Lipinski definition) is 4. The summed E-state index contributed by atoms with van der Waals surface area (Å²) in [5, 5.41) is 3.57. The Kier molecular flexibility index (Phi) is 6.46. The monoisotopic (exact) mass is 367 g/mol. The summed E-state index contributed by atoms with van der Waals surface area (Å²) in [6.45, 7) is -0.395. The number of rotatable bonds is 6. The van der Waals surface area contributed by atoms with Crippen molar-refractivity contribution in [1.82, 2.24) is 0 Å². The molecular weight excluding hydrogens is 353 g/mol. The first-order valence-corrected chi connectivity index (χ1v) is 7.77. The lowest BCUT2D eigenvalue weighted by atomic mass is 10.1. The summed E-state index contributed by atoms with van der Waals surface area (Å²) in [5.41, 5.74) is 1.12. The van der Waals surface area contributed by atoms with Gasteiger partial charge in [0.05, 0.1) is 13.5 Å². The van der Waals surface area contributed by atoms with Gasteiger partial charge in [0.2, 0.25) is 0 Å². The van der Waals surface area contributed by atoms with Crippen molar-refractivity contribution in [2.75, 3.05) is 19.0 Å². The number of amides is 1. The van der Waals surface area contributed by atoms with Crippen molar-refractivity contribution >= 4 is 40.8 Å². The van der Waals surface area contributed by atoms with Gasteiger partial charge in [-0.3, -0.25) is 9.59 Å². The quantitative estimate of drug-likeness (QED) is 0.790. The summed E-state index contributed by atoms with van der Waals surface area (Å²) >= 11 is 11.7. The molecule has 0 bridgehead atoms. The van der Waals surface area contributed by atoms with E-state index in [1.54, 1.807) is 42.5 Å². The van der Waals surface area contributed by atoms with Crippen molar-refractivity contribution in [1.29, 1.82) is 0 Å². The molecule has 2 rings (SSSR count). The minimum absolute atomic E-state index is 0.0474. The van der Waals surface area contributed by atoms with E-state index in [2.05, 4.69) is 5.32 Å². The van der Waals surface area contributed by atoms with Crippen LogP contribution in [-0.4, -0.2) is 25.6 Å². The van der Waals surface area contributed by atoms with Gasteiger partial charge in [0.1, 0.15) is 5.75 Å². The van der Waals surface area contributed by atoms with Crippen LogP contribution in [0.3, 0.4) is 0 Å². The van der Waals surface area contributed by atoms with Crippen LogP contribution >= 0.6 is 23.2 Å². The molecular formula is C17H15Cl2NO4. The molecule has 0 aliphatic heterocycles. The molecule has 1 amide bonds. The fraction of sp³-hybridized carbons (Fsp3) is 0.176. The van der Waals surface area contributed by atoms with Crippen molar-refractivity contribution in [3.8, 4) is 5.75 Å². The van der Waals surface area contributed by atoms with E-state index >= 15 is 0 Å². The highest BCUT2D eigenvalue weighted by atomic mass is 35.5. The Morgan fingerprint density at radius 2 is 1.83 bits per heavy atom. The normalized spacial score (nSPS) is 10.1. The van der Waals surface area contributed by atoms with Gasteiger partial charge in [-0.2, -0.15) is 0 Å². The van der Waals surface area contributed by atoms with E-state index in [9.17, 15) is 9.59 Å². The second-order valence-corrected chi connectivity index (χ2v) is 5.73. The van der Waals surface area contributed by atoms with Crippen molar-refractivity contribution in [2.45, 2.75) is 6.42 Å². The molecule has 5 nitrogen and oxygen atoms in total. The Bertz CT molecular complexity index is 749. The maximum absolute atomic E-state index is 11.9. The van der Waals surface area contributed by atoms with Gasteiger partial charge in [0.15, 0.2) is 6.61 Å². The number of carbonyl (C=O) groups is 2. The lowest BCUT2D eigenvalue weighted by Crippen LogP contribution is -2.21. The van der Waals surface area contributed by atoms with Crippen molar-refractivity contribution in [2.24, 2.45) is 0 Å². The van der Waals surface area contributed by atoms with Crippen LogP contribution in [-0.2, 0) is 20.7 Å². The summed E-state index contributed by atoms with van der Waals surface area (Å²) in [6.07, 6.45) is -0.0474. The number of esters is 1. The fourth-order valence-corrected chi connectivity index (χ4v) is 2.39. The third-order valence-corrected chi connectivity index (χ3v) is 3.52. The average Bonchev–Trinajstić information content (AvgIpc) is 2.53. The molecule has 0 aliphatic carbocycles. The van der Waals surface area contributed by atoms with E-state index in [1.807, 2.05) is 0 Å². The number of halogens is 2. The molecule has 0 heterocycles. The highest BCUT2D eigenvalue weighted by molar-refractivity contribution is 6.31. The van der Waals surface area contributed by atoms with Gasteiger partial charge in [-0.1, -0.05) is 29.3 Å². The summed E-state index contributed by atoms with van der Waals surface area (Å²) < 4.78 is 10.1. The molecule has 0 fully saturated rings. The topological polar surface area (TPSA) is 64.6 Å². The zero-order chi connectivity index (χ0) is 17.5. The maximum atomic E-state index is 11.9. The zero-order valence-corrected chi connectivity index (χ0v) is 14.4. The largest absolute Gasteiger partial charge is 0.496 e. The predicted octanol–water partition coefficient (Wildman–Crippen LogP) is 3.73. The van der Waals surface area contributed by atoms with Gasteiger partial charge in [-0.05, 0) is 36.4 Å². The van der Waals surface area contributed by atoms with E-state index in [0.717, 1.165) is 0 Å². The van der Waals surface area contributed by atoms with Gasteiger partial charge >= 0.3 is 5.97 Å². The molecule has 0 radical (unpaired) electrons. The SMILES string of the molecule is COc1ccc(Cl)cc1CC(=O)OCC(=O)Nc1cccc(Cl)c1. The van der Waals surface area contributed by atoms with Gasteiger partial charge in [-0.15, -0.1) is 0 Å². The Labute approximate surface area is 149 Å². The average molecular weight is 368 g/mol. The van der Waals surface area contributed by atoms with Crippen LogP contribution in [0.4, 0.5) is 5.69 Å². The van der Waals surface area contributed by atoms with Crippen LogP contribution in [0, 0.1) is 0 Å². The van der Waals surface area contributed by atoms with Gasteiger partial charge in [-0.25, -0.2) is 0 Å². The first-order valence-electron chi connectivity index (χ1n) is 7.01. The molecule has 7 heteroatoms. The van der Waals surface area contributed by atoms with Crippen LogP contribution in [0.1, 0.15) is 5.56 Å². The first kappa shape index (κ1) is 18.1. The molecule has 0 unspecified atom stereocenters. The van der Waals surface area contributed by atoms with E-state index in [-0.39, 0.29) is 6.42 Å². The molecule has 0 aromatic heterocycles. The lowest BCUT2D eigenvalue weighted by molar-refractivity contribution is -0.146. The van der Waals surface area contributed by atoms with E-state index in [0.29, 0.717) is 27.0 Å². The third kappa shape index (κ3) is 5.44. The molecule has 0 saturated heterocycles. The molecule has 2 aromatic rings. The molecule has 126 valence electrons. The van der Waals surface area contributed by atoms with Crippen LogP contribution in [0.2, 0.25) is 10.0 Å². The summed E-state index contributed by atoms with van der Waals surface area (Å²) in [7, 11) is 1.50. The Morgan fingerprint density at radius 1 is 1.08 bits per heavy atom. The Hall–Kier alpha value is -2.24.